The van der Waals surface area contributed by atoms with Gasteiger partial charge < -0.3 is 10.2 Å². The van der Waals surface area contributed by atoms with Crippen molar-refractivity contribution in [1.29, 1.82) is 0 Å². The Kier molecular flexibility index (Phi) is 2.13. The molecule has 1 aromatic carbocycles. The highest BCUT2D eigenvalue weighted by molar-refractivity contribution is 6.01. The van der Waals surface area contributed by atoms with Crippen LogP contribution in [0.25, 0.3) is 0 Å². The minimum atomic E-state index is 0.0750. The lowest BCUT2D eigenvalue weighted by Gasteiger charge is -2.44. The van der Waals surface area contributed by atoms with E-state index in [1.807, 2.05) is 18.2 Å². The molecule has 16 heavy (non-hydrogen) atoms. The zero-order valence-corrected chi connectivity index (χ0v) is 9.44. The predicted octanol–water partition coefficient (Wildman–Crippen LogP) is 1.99. The topological polar surface area (TPSA) is 32.3 Å². The van der Waals surface area contributed by atoms with E-state index in [9.17, 15) is 4.79 Å². The number of carbonyl (C=O) groups excluding carboxylic acids is 1. The second kappa shape index (κ2) is 3.51. The van der Waals surface area contributed by atoms with E-state index in [0.717, 1.165) is 24.2 Å². The van der Waals surface area contributed by atoms with E-state index in [4.69, 9.17) is 0 Å². The first-order valence-corrected chi connectivity index (χ1v) is 5.92. The number of rotatable bonds is 0. The minimum absolute atomic E-state index is 0.0750. The molecule has 3 rings (SSSR count). The SMILES string of the molecule is CC1CCN2c3ccccc3C(=O)NC2C1. The Bertz CT molecular complexity index is 430. The Labute approximate surface area is 95.4 Å². The number of nitrogens with zero attached hydrogens (tertiary/aromatic N) is 1. The van der Waals surface area contributed by atoms with Gasteiger partial charge in [0.1, 0.15) is 6.17 Å². The highest BCUT2D eigenvalue weighted by Gasteiger charge is 2.33. The monoisotopic (exact) mass is 216 g/mol. The number of hydrogen-bond acceptors (Lipinski definition) is 2. The van der Waals surface area contributed by atoms with Gasteiger partial charge in [0.05, 0.1) is 11.3 Å². The number of para-hydroxylation sites is 1. The molecule has 0 spiro atoms. The highest BCUT2D eigenvalue weighted by atomic mass is 16.2. The van der Waals surface area contributed by atoms with Gasteiger partial charge in [0.25, 0.3) is 5.91 Å². The summed E-state index contributed by atoms with van der Waals surface area (Å²) in [6.45, 7) is 3.30. The van der Waals surface area contributed by atoms with Crippen LogP contribution in [0, 0.1) is 5.92 Å². The lowest BCUT2D eigenvalue weighted by atomic mass is 9.93. The Morgan fingerprint density at radius 2 is 2.19 bits per heavy atom. The van der Waals surface area contributed by atoms with E-state index < -0.39 is 0 Å². The normalized spacial score (nSPS) is 28.1. The summed E-state index contributed by atoms with van der Waals surface area (Å²) in [6, 6.07) is 7.88. The zero-order valence-electron chi connectivity index (χ0n) is 9.44. The van der Waals surface area contributed by atoms with Gasteiger partial charge in [0, 0.05) is 6.54 Å². The Morgan fingerprint density at radius 1 is 1.38 bits per heavy atom. The van der Waals surface area contributed by atoms with Gasteiger partial charge in [0.2, 0.25) is 0 Å². The van der Waals surface area contributed by atoms with Crippen molar-refractivity contribution in [2.45, 2.75) is 25.9 Å². The summed E-state index contributed by atoms with van der Waals surface area (Å²) < 4.78 is 0. The number of anilines is 1. The summed E-state index contributed by atoms with van der Waals surface area (Å²) in [6.07, 6.45) is 2.46. The smallest absolute Gasteiger partial charge is 0.254 e. The molecule has 1 fully saturated rings. The van der Waals surface area contributed by atoms with E-state index in [1.54, 1.807) is 0 Å². The standard InChI is InChI=1S/C13H16N2O/c1-9-6-7-15-11-5-3-2-4-10(11)13(16)14-12(15)8-9/h2-5,9,12H,6-8H2,1H3,(H,14,16). The van der Waals surface area contributed by atoms with Crippen LogP contribution in [0.2, 0.25) is 0 Å². The van der Waals surface area contributed by atoms with Gasteiger partial charge in [-0.1, -0.05) is 19.1 Å². The zero-order chi connectivity index (χ0) is 11.1. The first-order valence-electron chi connectivity index (χ1n) is 5.92. The van der Waals surface area contributed by atoms with Crippen molar-refractivity contribution in [1.82, 2.24) is 5.32 Å². The molecule has 1 N–H and O–H groups in total. The third-order valence-corrected chi connectivity index (χ3v) is 3.62. The molecule has 2 heterocycles. The second-order valence-electron chi connectivity index (χ2n) is 4.83. The van der Waals surface area contributed by atoms with E-state index in [-0.39, 0.29) is 12.1 Å². The third kappa shape index (κ3) is 1.39. The number of fused-ring (bicyclic) bond motifs is 3. The first-order chi connectivity index (χ1) is 7.75. The number of carbonyl (C=O) groups is 1. The molecule has 0 bridgehead atoms. The van der Waals surface area contributed by atoms with Crippen LogP contribution >= 0.6 is 0 Å². The van der Waals surface area contributed by atoms with Crippen molar-refractivity contribution in [3.63, 3.8) is 0 Å². The molecule has 1 saturated heterocycles. The maximum atomic E-state index is 11.9. The fourth-order valence-corrected chi connectivity index (χ4v) is 2.71. The number of benzene rings is 1. The molecule has 0 aromatic heterocycles. The summed E-state index contributed by atoms with van der Waals surface area (Å²) in [5.41, 5.74) is 1.91. The molecule has 1 aromatic rings. The molecule has 3 nitrogen and oxygen atoms in total. The van der Waals surface area contributed by atoms with Gasteiger partial charge in [-0.3, -0.25) is 4.79 Å². The molecule has 0 saturated carbocycles. The third-order valence-electron chi connectivity index (χ3n) is 3.62. The van der Waals surface area contributed by atoms with Crippen LogP contribution in [-0.4, -0.2) is 18.6 Å². The van der Waals surface area contributed by atoms with E-state index in [1.165, 1.54) is 6.42 Å². The predicted molar refractivity (Wildman–Crippen MR) is 63.4 cm³/mol. The largest absolute Gasteiger partial charge is 0.351 e. The quantitative estimate of drug-likeness (QED) is 0.719. The van der Waals surface area contributed by atoms with Crippen LogP contribution in [0.3, 0.4) is 0 Å². The number of piperidine rings is 1. The first kappa shape index (κ1) is 9.70. The van der Waals surface area contributed by atoms with Crippen LogP contribution < -0.4 is 10.2 Å². The molecule has 3 heteroatoms. The second-order valence-corrected chi connectivity index (χ2v) is 4.83. The summed E-state index contributed by atoms with van der Waals surface area (Å²) in [5.74, 6) is 0.776. The molecule has 2 aliphatic rings. The molecule has 0 aliphatic carbocycles. The van der Waals surface area contributed by atoms with Crippen molar-refractivity contribution >= 4 is 11.6 Å². The molecule has 2 aliphatic heterocycles. The molecular formula is C13H16N2O. The molecule has 0 radical (unpaired) electrons. The van der Waals surface area contributed by atoms with Crippen molar-refractivity contribution in [3.8, 4) is 0 Å². The summed E-state index contributed by atoms with van der Waals surface area (Å²) in [5, 5.41) is 3.09. The van der Waals surface area contributed by atoms with Crippen LogP contribution in [0.15, 0.2) is 24.3 Å². The van der Waals surface area contributed by atoms with Crippen LogP contribution in [0.5, 0.6) is 0 Å². The fraction of sp³-hybridized carbons (Fsp3) is 0.462. The molecule has 2 unspecified atom stereocenters. The molecule has 1 amide bonds. The minimum Gasteiger partial charge on any atom is -0.351 e. The van der Waals surface area contributed by atoms with Gasteiger partial charge in [-0.15, -0.1) is 0 Å². The van der Waals surface area contributed by atoms with Gasteiger partial charge in [0.15, 0.2) is 0 Å². The Hall–Kier alpha value is -1.51. The summed E-state index contributed by atoms with van der Waals surface area (Å²) in [7, 11) is 0. The molecule has 84 valence electrons. The number of amides is 1. The summed E-state index contributed by atoms with van der Waals surface area (Å²) in [4.78, 5) is 14.2. The van der Waals surface area contributed by atoms with Gasteiger partial charge >= 0.3 is 0 Å². The highest BCUT2D eigenvalue weighted by Crippen LogP contribution is 2.32. The Morgan fingerprint density at radius 3 is 3.06 bits per heavy atom. The van der Waals surface area contributed by atoms with E-state index >= 15 is 0 Å². The lowest BCUT2D eigenvalue weighted by molar-refractivity contribution is 0.0913. The van der Waals surface area contributed by atoms with Crippen LogP contribution in [0.1, 0.15) is 30.1 Å². The molecule has 2 atom stereocenters. The average molecular weight is 216 g/mol. The lowest BCUT2D eigenvalue weighted by Crippen LogP contribution is -2.56. The van der Waals surface area contributed by atoms with E-state index in [2.05, 4.69) is 23.2 Å². The molecular weight excluding hydrogens is 200 g/mol. The van der Waals surface area contributed by atoms with Crippen LogP contribution in [0.4, 0.5) is 5.69 Å². The Balaban J connectivity index is 2.01. The number of nitrogens with one attached hydrogen (secondary N) is 1. The van der Waals surface area contributed by atoms with Crippen molar-refractivity contribution < 1.29 is 4.79 Å². The maximum absolute atomic E-state index is 11.9. The van der Waals surface area contributed by atoms with Crippen molar-refractivity contribution in [2.24, 2.45) is 5.92 Å². The maximum Gasteiger partial charge on any atom is 0.254 e. The van der Waals surface area contributed by atoms with Crippen molar-refractivity contribution in [2.75, 3.05) is 11.4 Å². The van der Waals surface area contributed by atoms with Crippen molar-refractivity contribution in [3.05, 3.63) is 29.8 Å². The van der Waals surface area contributed by atoms with Gasteiger partial charge in [-0.25, -0.2) is 0 Å². The van der Waals surface area contributed by atoms with Gasteiger partial charge in [-0.05, 0) is 30.9 Å². The van der Waals surface area contributed by atoms with E-state index in [0.29, 0.717) is 5.92 Å². The fourth-order valence-electron chi connectivity index (χ4n) is 2.71. The average Bonchev–Trinajstić information content (AvgIpc) is 2.29. The van der Waals surface area contributed by atoms with Crippen LogP contribution in [-0.2, 0) is 0 Å². The van der Waals surface area contributed by atoms with Gasteiger partial charge in [-0.2, -0.15) is 0 Å². The number of hydrogen-bond donors (Lipinski definition) is 1. The summed E-state index contributed by atoms with van der Waals surface area (Å²) >= 11 is 0.